The number of carbonyl (C=O) groups is 1. The Morgan fingerprint density at radius 1 is 1.00 bits per heavy atom. The first kappa shape index (κ1) is 37.1. The largest absolute Gasteiger partial charge is 0.458 e. The molecule has 3 aliphatic rings. The minimum absolute atomic E-state index is 0.219. The molecule has 3 unspecified atom stereocenters. The zero-order valence-corrected chi connectivity index (χ0v) is 32.2. The number of nitrogens with zero attached hydrogens (tertiary/aromatic N) is 5. The monoisotopic (exact) mass is 709 g/mol. The van der Waals surface area contributed by atoms with Crippen LogP contribution < -0.4 is 10.6 Å². The Bertz CT molecular complexity index is 1800. The summed E-state index contributed by atoms with van der Waals surface area (Å²) in [5, 5.41) is 0.385. The van der Waals surface area contributed by atoms with E-state index < -0.39 is 11.7 Å². The van der Waals surface area contributed by atoms with Gasteiger partial charge in [0.1, 0.15) is 11.7 Å². The normalized spacial score (nSPS) is 23.4. The van der Waals surface area contributed by atoms with Crippen molar-refractivity contribution in [1.82, 2.24) is 14.5 Å². The summed E-state index contributed by atoms with van der Waals surface area (Å²) in [4.78, 5) is 45.9. The summed E-state index contributed by atoms with van der Waals surface area (Å²) in [6, 6.07) is 16.0. The van der Waals surface area contributed by atoms with E-state index in [0.29, 0.717) is 28.4 Å². The maximum atomic E-state index is 14.6. The topological polar surface area (TPSA) is 89.7 Å². The highest BCUT2D eigenvalue weighted by molar-refractivity contribution is 7.99. The molecule has 9 heteroatoms. The Morgan fingerprint density at radius 2 is 1.73 bits per heavy atom. The fourth-order valence-corrected chi connectivity index (χ4v) is 9.33. The van der Waals surface area contributed by atoms with Crippen LogP contribution in [0.15, 0.2) is 63.5 Å². The lowest BCUT2D eigenvalue weighted by molar-refractivity contribution is -0.150. The molecule has 8 nitrogen and oxygen atoms in total. The summed E-state index contributed by atoms with van der Waals surface area (Å²) < 4.78 is 7.90. The number of unbranched alkanes of at least 4 members (excludes halogenated alkanes) is 1. The first-order valence-corrected chi connectivity index (χ1v) is 20.3. The summed E-state index contributed by atoms with van der Waals surface area (Å²) in [5.41, 5.74) is 4.02. The number of thioether (sulfide) groups is 1. The van der Waals surface area contributed by atoms with Gasteiger partial charge in [-0.2, -0.15) is 4.98 Å². The number of hydrogen-bond donors (Lipinski definition) is 0. The Morgan fingerprint density at radius 3 is 2.39 bits per heavy atom. The molecule has 1 aromatic heterocycles. The smallest absolute Gasteiger partial charge is 0.357 e. The van der Waals surface area contributed by atoms with Gasteiger partial charge in [-0.25, -0.2) is 24.1 Å². The van der Waals surface area contributed by atoms with Crippen LogP contribution in [0.25, 0.3) is 11.1 Å². The van der Waals surface area contributed by atoms with Crippen LogP contribution in [-0.4, -0.2) is 51.3 Å². The molecule has 1 aliphatic carbocycles. The van der Waals surface area contributed by atoms with E-state index in [1.165, 1.54) is 47.7 Å². The fraction of sp³-hybridized carbons (Fsp3) is 0.548. The number of benzene rings is 2. The van der Waals surface area contributed by atoms with Crippen molar-refractivity contribution in [2.45, 2.75) is 111 Å². The molecule has 0 spiro atoms. The Balaban J connectivity index is 1.48. The lowest BCUT2D eigenvalue weighted by Crippen LogP contribution is -2.37. The van der Waals surface area contributed by atoms with E-state index >= 15 is 0 Å². The molecule has 1 saturated carbocycles. The molecule has 0 amide bonds. The molecule has 2 fully saturated rings. The van der Waals surface area contributed by atoms with Crippen LogP contribution >= 0.6 is 11.8 Å². The first-order valence-electron chi connectivity index (χ1n) is 19.3. The molecule has 51 heavy (non-hydrogen) atoms. The molecule has 0 N–H and O–H groups in total. The Kier molecular flexibility index (Phi) is 12.2. The van der Waals surface area contributed by atoms with E-state index in [0.717, 1.165) is 67.8 Å². The number of rotatable bonds is 12. The van der Waals surface area contributed by atoms with Gasteiger partial charge in [0.15, 0.2) is 16.8 Å². The number of hydrogen-bond acceptors (Lipinski definition) is 8. The second kappa shape index (κ2) is 16.7. The van der Waals surface area contributed by atoms with Gasteiger partial charge in [-0.3, -0.25) is 0 Å². The molecule has 0 radical (unpaired) electrons. The molecule has 3 heterocycles. The molecular formula is C42H55N5O3S. The van der Waals surface area contributed by atoms with Crippen molar-refractivity contribution in [2.75, 3.05) is 23.7 Å². The van der Waals surface area contributed by atoms with Crippen LogP contribution in [0.3, 0.4) is 0 Å². The number of aromatic nitrogens is 3. The second-order valence-electron chi connectivity index (χ2n) is 15.1. The van der Waals surface area contributed by atoms with Crippen LogP contribution in [-0.2, 0) is 9.53 Å². The van der Waals surface area contributed by atoms with Crippen molar-refractivity contribution in [3.8, 4) is 0 Å². The van der Waals surface area contributed by atoms with E-state index in [1.54, 1.807) is 0 Å². The molecule has 0 bridgehead atoms. The van der Waals surface area contributed by atoms with Crippen LogP contribution in [0.5, 0.6) is 0 Å². The van der Waals surface area contributed by atoms with Crippen LogP contribution in [0.2, 0.25) is 0 Å². The predicted octanol–water partition coefficient (Wildman–Crippen LogP) is 9.36. The lowest BCUT2D eigenvalue weighted by Gasteiger charge is -2.37. The first-order chi connectivity index (χ1) is 24.7. The molecule has 3 aromatic rings. The molecule has 272 valence electrons. The van der Waals surface area contributed by atoms with E-state index in [-0.39, 0.29) is 29.3 Å². The van der Waals surface area contributed by atoms with E-state index in [1.807, 2.05) is 36.4 Å². The summed E-state index contributed by atoms with van der Waals surface area (Å²) in [6.45, 7) is 15.2. The van der Waals surface area contributed by atoms with Crippen molar-refractivity contribution >= 4 is 46.1 Å². The predicted molar refractivity (Wildman–Crippen MR) is 210 cm³/mol. The van der Waals surface area contributed by atoms with Gasteiger partial charge in [0, 0.05) is 30.1 Å². The average Bonchev–Trinajstić information content (AvgIpc) is 3.45. The second-order valence-corrected chi connectivity index (χ2v) is 16.1. The van der Waals surface area contributed by atoms with Gasteiger partial charge in [0.2, 0.25) is 0 Å². The van der Waals surface area contributed by atoms with Gasteiger partial charge >= 0.3 is 11.7 Å². The maximum Gasteiger partial charge on any atom is 0.357 e. The van der Waals surface area contributed by atoms with Crippen molar-refractivity contribution in [3.05, 3.63) is 76.0 Å². The third-order valence-electron chi connectivity index (χ3n) is 11.0. The SMILES string of the molecule is CCCCC(CC)CSc1nc2n(c(=O)n1)C(=Nc1ccc(N3CCCCC3)cc1C)C(c1ccccc1)=C2C(=O)OC1C(C)CC(C)CC1C. The number of piperidine rings is 1. The standard InChI is InChI=1S/C42H55N5O3S/c1-7-9-16-31(8-2)26-51-41-44-39-36(40(48)50-37-29(5)23-27(3)24-30(37)6)35(32-17-12-10-13-18-32)38(47(39)42(49)45-41)43-34-20-19-33(25-28(34)4)46-21-14-11-15-22-46/h10,12-13,17-20,25,27,29-31,37H,7-9,11,14-16,21-24,26H2,1-6H3. The third-order valence-corrected chi connectivity index (χ3v) is 12.1. The van der Waals surface area contributed by atoms with Crippen molar-refractivity contribution in [2.24, 2.45) is 28.7 Å². The number of aliphatic imine (C=N–C) groups is 1. The molecule has 2 aliphatic heterocycles. The zero-order chi connectivity index (χ0) is 36.1. The molecule has 1 saturated heterocycles. The summed E-state index contributed by atoms with van der Waals surface area (Å²) in [7, 11) is 0. The number of allylic oxidation sites excluding steroid dienone is 1. The van der Waals surface area contributed by atoms with Crippen molar-refractivity contribution in [3.63, 3.8) is 0 Å². The highest BCUT2D eigenvalue weighted by Crippen LogP contribution is 2.40. The minimum atomic E-state index is -0.491. The van der Waals surface area contributed by atoms with E-state index in [9.17, 15) is 9.59 Å². The zero-order valence-electron chi connectivity index (χ0n) is 31.4. The number of ether oxygens (including phenoxy) is 1. The summed E-state index contributed by atoms with van der Waals surface area (Å²) >= 11 is 1.50. The van der Waals surface area contributed by atoms with Gasteiger partial charge < -0.3 is 9.64 Å². The number of fused-ring (bicyclic) bond motifs is 1. The number of aryl methyl sites for hydroxylation is 1. The number of esters is 1. The van der Waals surface area contributed by atoms with Gasteiger partial charge in [0.25, 0.3) is 0 Å². The maximum absolute atomic E-state index is 14.6. The van der Waals surface area contributed by atoms with Gasteiger partial charge in [-0.1, -0.05) is 96.0 Å². The van der Waals surface area contributed by atoms with Gasteiger partial charge in [-0.15, -0.1) is 0 Å². The van der Waals surface area contributed by atoms with Crippen molar-refractivity contribution in [1.29, 1.82) is 0 Å². The summed E-state index contributed by atoms with van der Waals surface area (Å²) in [5.74, 6) is 2.47. The van der Waals surface area contributed by atoms with Crippen LogP contribution in [0, 0.1) is 30.6 Å². The lowest BCUT2D eigenvalue weighted by atomic mass is 9.75. The minimum Gasteiger partial charge on any atom is -0.458 e. The number of carbonyl (C=O) groups excluding carboxylic acids is 1. The molecular weight excluding hydrogens is 655 g/mol. The fourth-order valence-electron chi connectivity index (χ4n) is 8.25. The quantitative estimate of drug-likeness (QED) is 0.137. The highest BCUT2D eigenvalue weighted by atomic mass is 32.2. The van der Waals surface area contributed by atoms with Crippen molar-refractivity contribution < 1.29 is 9.53 Å². The highest BCUT2D eigenvalue weighted by Gasteiger charge is 2.41. The van der Waals surface area contributed by atoms with Crippen LogP contribution in [0.4, 0.5) is 11.4 Å². The van der Waals surface area contributed by atoms with Crippen LogP contribution in [0.1, 0.15) is 109 Å². The molecule has 3 atom stereocenters. The Labute approximate surface area is 308 Å². The molecule has 2 aromatic carbocycles. The number of anilines is 1. The van der Waals surface area contributed by atoms with Gasteiger partial charge in [0.05, 0.1) is 5.69 Å². The summed E-state index contributed by atoms with van der Waals surface area (Å²) in [6.07, 6.45) is 9.93. The average molecular weight is 710 g/mol. The van der Waals surface area contributed by atoms with Gasteiger partial charge in [-0.05, 0) is 98.4 Å². The molecule has 6 rings (SSSR count). The van der Waals surface area contributed by atoms with E-state index in [4.69, 9.17) is 14.7 Å². The van der Waals surface area contributed by atoms with E-state index in [2.05, 4.69) is 63.6 Å². The third kappa shape index (κ3) is 8.34. The Hall–Kier alpha value is -3.72.